The Labute approximate surface area is 185 Å². The van der Waals surface area contributed by atoms with Crippen LogP contribution in [0.2, 0.25) is 0 Å². The molecule has 2 aromatic carbocycles. The van der Waals surface area contributed by atoms with Crippen LogP contribution >= 0.6 is 12.2 Å². The maximum absolute atomic E-state index is 12.6. The normalized spacial score (nSPS) is 14.5. The number of nitrogens with one attached hydrogen (secondary N) is 3. The summed E-state index contributed by atoms with van der Waals surface area (Å²) in [5.41, 5.74) is 7.27. The van der Waals surface area contributed by atoms with Gasteiger partial charge in [0.1, 0.15) is 0 Å². The van der Waals surface area contributed by atoms with Gasteiger partial charge in [0.15, 0.2) is 5.11 Å². The van der Waals surface area contributed by atoms with Gasteiger partial charge >= 0.3 is 0 Å². The quantitative estimate of drug-likeness (QED) is 0.321. The third-order valence-corrected chi connectivity index (χ3v) is 6.59. The molecule has 0 amide bonds. The molecule has 0 aliphatic carbocycles. The van der Waals surface area contributed by atoms with Gasteiger partial charge in [-0.1, -0.05) is 6.58 Å². The summed E-state index contributed by atoms with van der Waals surface area (Å²) in [5.74, 6) is 0. The van der Waals surface area contributed by atoms with Crippen LogP contribution in [0.5, 0.6) is 0 Å². The van der Waals surface area contributed by atoms with Crippen molar-refractivity contribution in [2.45, 2.75) is 4.90 Å². The van der Waals surface area contributed by atoms with E-state index in [4.69, 9.17) is 17.0 Å². The van der Waals surface area contributed by atoms with E-state index in [1.165, 1.54) is 28.6 Å². The summed E-state index contributed by atoms with van der Waals surface area (Å²) < 4.78 is 31.9. The summed E-state index contributed by atoms with van der Waals surface area (Å²) in [6.45, 7) is 5.29. The molecule has 0 radical (unpaired) electrons. The van der Waals surface area contributed by atoms with Gasteiger partial charge in [0.2, 0.25) is 10.0 Å². The third-order valence-electron chi connectivity index (χ3n) is 4.47. The van der Waals surface area contributed by atoms with Crippen molar-refractivity contribution >= 4 is 44.4 Å². The van der Waals surface area contributed by atoms with Crippen LogP contribution in [-0.2, 0) is 14.8 Å². The van der Waals surface area contributed by atoms with Crippen LogP contribution in [0.1, 0.15) is 5.56 Å². The second-order valence-electron chi connectivity index (χ2n) is 6.53. The number of nitro benzene ring substituents is 1. The molecule has 3 N–H and O–H groups in total. The first-order chi connectivity index (χ1) is 14.8. The second-order valence-corrected chi connectivity index (χ2v) is 8.87. The van der Waals surface area contributed by atoms with Gasteiger partial charge in [-0.3, -0.25) is 21.0 Å². The molecule has 12 heteroatoms. The van der Waals surface area contributed by atoms with E-state index in [0.717, 1.165) is 0 Å². The molecule has 0 unspecified atom stereocenters. The fraction of sp³-hybridized carbons (Fsp3) is 0.211. The Balaban J connectivity index is 1.53. The number of anilines is 1. The molecule has 2 aromatic rings. The standard InChI is InChI=1S/C19H21N5O5S2/c1-14(15-2-6-17(7-3-15)24(25)26)21-22-19(30)20-16-4-8-18(9-5-16)31(27,28)23-10-12-29-13-11-23/h2-9,21H,1,10-13H2,(H2,20,22,30). The molecule has 164 valence electrons. The molecule has 1 aliphatic heterocycles. The van der Waals surface area contributed by atoms with Gasteiger partial charge in [-0.15, -0.1) is 0 Å². The molecule has 0 spiro atoms. The lowest BCUT2D eigenvalue weighted by atomic mass is 10.1. The first-order valence-corrected chi connectivity index (χ1v) is 11.1. The smallest absolute Gasteiger partial charge is 0.269 e. The van der Waals surface area contributed by atoms with Crippen LogP contribution in [-0.4, -0.2) is 49.1 Å². The zero-order chi connectivity index (χ0) is 22.4. The van der Waals surface area contributed by atoms with Crippen LogP contribution in [0, 0.1) is 10.1 Å². The molecule has 1 heterocycles. The predicted octanol–water partition coefficient (Wildman–Crippen LogP) is 2.08. The first kappa shape index (κ1) is 22.6. The topological polar surface area (TPSA) is 126 Å². The molecule has 0 bridgehead atoms. The molecule has 1 fully saturated rings. The number of benzene rings is 2. The van der Waals surface area contributed by atoms with E-state index in [1.54, 1.807) is 24.3 Å². The van der Waals surface area contributed by atoms with Gasteiger partial charge in [-0.25, -0.2) is 8.42 Å². The van der Waals surface area contributed by atoms with Crippen molar-refractivity contribution in [1.82, 2.24) is 15.2 Å². The molecule has 0 atom stereocenters. The van der Waals surface area contributed by atoms with Crippen molar-refractivity contribution in [2.75, 3.05) is 31.6 Å². The number of sulfonamides is 1. The van der Waals surface area contributed by atoms with Crippen molar-refractivity contribution < 1.29 is 18.1 Å². The second kappa shape index (κ2) is 9.83. The predicted molar refractivity (Wildman–Crippen MR) is 121 cm³/mol. The fourth-order valence-corrected chi connectivity index (χ4v) is 4.37. The Kier molecular flexibility index (Phi) is 7.17. The fourth-order valence-electron chi connectivity index (χ4n) is 2.80. The number of hydrazine groups is 1. The van der Waals surface area contributed by atoms with Crippen molar-refractivity contribution in [2.24, 2.45) is 0 Å². The SMILES string of the molecule is C=C(NNC(=S)Nc1ccc(S(=O)(=O)N2CCOCC2)cc1)c1ccc([N+](=O)[O-])cc1. The monoisotopic (exact) mass is 463 g/mol. The Bertz CT molecular complexity index is 1070. The number of nitrogens with zero attached hydrogens (tertiary/aromatic N) is 2. The highest BCUT2D eigenvalue weighted by Crippen LogP contribution is 2.19. The number of non-ortho nitro benzene ring substituents is 1. The lowest BCUT2D eigenvalue weighted by Crippen LogP contribution is -2.40. The van der Waals surface area contributed by atoms with Gasteiger partial charge in [-0.05, 0) is 54.2 Å². The highest BCUT2D eigenvalue weighted by molar-refractivity contribution is 7.89. The number of rotatable bonds is 7. The Morgan fingerprint density at radius 1 is 1.06 bits per heavy atom. The maximum atomic E-state index is 12.6. The first-order valence-electron chi connectivity index (χ1n) is 9.22. The van der Waals surface area contributed by atoms with E-state index in [9.17, 15) is 18.5 Å². The van der Waals surface area contributed by atoms with Crippen molar-refractivity contribution in [1.29, 1.82) is 0 Å². The molecule has 0 aromatic heterocycles. The van der Waals surface area contributed by atoms with Crippen molar-refractivity contribution in [3.05, 3.63) is 70.8 Å². The van der Waals surface area contributed by atoms with Crippen molar-refractivity contribution in [3.63, 3.8) is 0 Å². The van der Waals surface area contributed by atoms with Crippen LogP contribution in [0.3, 0.4) is 0 Å². The number of morpholine rings is 1. The highest BCUT2D eigenvalue weighted by Gasteiger charge is 2.26. The van der Waals surface area contributed by atoms with Crippen LogP contribution < -0.4 is 16.2 Å². The largest absolute Gasteiger partial charge is 0.379 e. The minimum atomic E-state index is -3.56. The molecular weight excluding hydrogens is 442 g/mol. The number of thiocarbonyl (C=S) groups is 1. The van der Waals surface area contributed by atoms with Gasteiger partial charge in [0.25, 0.3) is 5.69 Å². The van der Waals surface area contributed by atoms with E-state index in [1.807, 2.05) is 0 Å². The zero-order valence-electron chi connectivity index (χ0n) is 16.4. The van der Waals surface area contributed by atoms with Crippen LogP contribution in [0.25, 0.3) is 5.70 Å². The van der Waals surface area contributed by atoms with Crippen molar-refractivity contribution in [3.8, 4) is 0 Å². The maximum Gasteiger partial charge on any atom is 0.269 e. The minimum absolute atomic E-state index is 0.0132. The van der Waals surface area contributed by atoms with E-state index < -0.39 is 14.9 Å². The van der Waals surface area contributed by atoms with Gasteiger partial charge in [0, 0.05) is 30.9 Å². The lowest BCUT2D eigenvalue weighted by molar-refractivity contribution is -0.384. The van der Waals surface area contributed by atoms with E-state index in [0.29, 0.717) is 43.3 Å². The van der Waals surface area contributed by atoms with Gasteiger partial charge < -0.3 is 10.1 Å². The zero-order valence-corrected chi connectivity index (χ0v) is 18.0. The molecule has 3 rings (SSSR count). The van der Waals surface area contributed by atoms with Crippen LogP contribution in [0.15, 0.2) is 60.0 Å². The summed E-state index contributed by atoms with van der Waals surface area (Å²) in [6.07, 6.45) is 0. The van der Waals surface area contributed by atoms with Crippen LogP contribution in [0.4, 0.5) is 11.4 Å². The Morgan fingerprint density at radius 3 is 2.26 bits per heavy atom. The number of nitro groups is 1. The van der Waals surface area contributed by atoms with E-state index >= 15 is 0 Å². The Morgan fingerprint density at radius 2 is 1.68 bits per heavy atom. The molecule has 31 heavy (non-hydrogen) atoms. The van der Waals surface area contributed by atoms with Gasteiger partial charge in [0.05, 0.1) is 28.7 Å². The summed E-state index contributed by atoms with van der Waals surface area (Å²) in [5, 5.41) is 13.9. The number of hydrogen-bond donors (Lipinski definition) is 3. The Hall–Kier alpha value is -3.06. The third kappa shape index (κ3) is 5.76. The molecule has 1 saturated heterocycles. The molecule has 1 aliphatic rings. The lowest BCUT2D eigenvalue weighted by Gasteiger charge is -2.26. The molecular formula is C19H21N5O5S2. The summed E-state index contributed by atoms with van der Waals surface area (Å²) in [4.78, 5) is 10.4. The molecule has 0 saturated carbocycles. The van der Waals surface area contributed by atoms with E-state index in [2.05, 4.69) is 22.7 Å². The summed E-state index contributed by atoms with van der Waals surface area (Å²) >= 11 is 5.21. The average molecular weight is 464 g/mol. The summed E-state index contributed by atoms with van der Waals surface area (Å²) in [6, 6.07) is 12.2. The van der Waals surface area contributed by atoms with Gasteiger partial charge in [-0.2, -0.15) is 4.31 Å². The minimum Gasteiger partial charge on any atom is -0.379 e. The summed E-state index contributed by atoms with van der Waals surface area (Å²) in [7, 11) is -3.56. The molecule has 10 nitrogen and oxygen atoms in total. The van der Waals surface area contributed by atoms with E-state index in [-0.39, 0.29) is 15.7 Å². The highest BCUT2D eigenvalue weighted by atomic mass is 32.2. The average Bonchev–Trinajstić information content (AvgIpc) is 2.78. The number of ether oxygens (including phenoxy) is 1. The number of hydrogen-bond acceptors (Lipinski definition) is 7.